The number of aromatic nitrogens is 2. The van der Waals surface area contributed by atoms with Gasteiger partial charge in [-0.15, -0.1) is 0 Å². The molecule has 1 N–H and O–H groups in total. The highest BCUT2D eigenvalue weighted by molar-refractivity contribution is 4.87. The molecule has 0 aliphatic carbocycles. The van der Waals surface area contributed by atoms with Crippen LogP contribution in [-0.4, -0.2) is 41.7 Å². The second-order valence-corrected chi connectivity index (χ2v) is 5.47. The number of rotatable bonds is 7. The summed E-state index contributed by atoms with van der Waals surface area (Å²) in [6.07, 6.45) is 5.85. The van der Waals surface area contributed by atoms with Crippen molar-refractivity contribution >= 4 is 0 Å². The van der Waals surface area contributed by atoms with Crippen LogP contribution in [0.2, 0.25) is 0 Å². The molecular weight excluding hydrogens is 240 g/mol. The second kappa shape index (κ2) is 7.60. The Labute approximate surface area is 115 Å². The highest BCUT2D eigenvalue weighted by atomic mass is 16.5. The third-order valence-corrected chi connectivity index (χ3v) is 3.85. The molecule has 0 aromatic carbocycles. The van der Waals surface area contributed by atoms with Gasteiger partial charge in [-0.05, 0) is 58.3 Å². The van der Waals surface area contributed by atoms with E-state index in [1.54, 1.807) is 0 Å². The van der Waals surface area contributed by atoms with Crippen LogP contribution in [0.3, 0.4) is 0 Å². The van der Waals surface area contributed by atoms with E-state index in [4.69, 9.17) is 4.52 Å². The minimum absolute atomic E-state index is 0.775. The fourth-order valence-electron chi connectivity index (χ4n) is 2.65. The summed E-state index contributed by atoms with van der Waals surface area (Å²) in [7, 11) is 2.03. The molecule has 0 atom stereocenters. The highest BCUT2D eigenvalue weighted by Gasteiger charge is 2.20. The van der Waals surface area contributed by atoms with Crippen LogP contribution in [0.1, 0.15) is 44.3 Å². The van der Waals surface area contributed by atoms with Crippen LogP contribution in [0.4, 0.5) is 0 Å². The Hall–Kier alpha value is -0.940. The Balaban J connectivity index is 1.72. The molecule has 0 unspecified atom stereocenters. The second-order valence-electron chi connectivity index (χ2n) is 5.47. The number of nitrogens with zero attached hydrogens (tertiary/aromatic N) is 3. The number of nitrogens with one attached hydrogen (secondary N) is 1. The van der Waals surface area contributed by atoms with Gasteiger partial charge in [0.25, 0.3) is 0 Å². The molecular formula is C14H26N4O. The molecule has 0 spiro atoms. The van der Waals surface area contributed by atoms with E-state index < -0.39 is 0 Å². The summed E-state index contributed by atoms with van der Waals surface area (Å²) in [5.41, 5.74) is 0. The molecule has 1 aliphatic heterocycles. The zero-order chi connectivity index (χ0) is 13.5. The molecule has 1 aromatic heterocycles. The Morgan fingerprint density at radius 1 is 1.37 bits per heavy atom. The molecule has 1 aliphatic rings. The maximum Gasteiger partial charge on any atom is 0.240 e. The van der Waals surface area contributed by atoms with Crippen molar-refractivity contribution in [2.75, 3.05) is 26.7 Å². The standard InChI is InChI=1S/C14H26N4O/c1-3-4-13-16-14(19-17-13)11-18-9-6-12(7-10-18)5-8-15-2/h12,15H,3-11H2,1-2H3. The van der Waals surface area contributed by atoms with Gasteiger partial charge < -0.3 is 9.84 Å². The van der Waals surface area contributed by atoms with Crippen LogP contribution in [0.25, 0.3) is 0 Å². The van der Waals surface area contributed by atoms with E-state index in [9.17, 15) is 0 Å². The van der Waals surface area contributed by atoms with Crippen molar-refractivity contribution in [2.24, 2.45) is 5.92 Å². The van der Waals surface area contributed by atoms with Crippen molar-refractivity contribution in [2.45, 2.75) is 45.6 Å². The minimum Gasteiger partial charge on any atom is -0.338 e. The van der Waals surface area contributed by atoms with E-state index in [2.05, 4.69) is 27.3 Å². The van der Waals surface area contributed by atoms with Gasteiger partial charge in [0, 0.05) is 6.42 Å². The molecule has 5 nitrogen and oxygen atoms in total. The zero-order valence-corrected chi connectivity index (χ0v) is 12.2. The molecule has 108 valence electrons. The maximum absolute atomic E-state index is 5.30. The lowest BCUT2D eigenvalue weighted by Gasteiger charge is -2.30. The third-order valence-electron chi connectivity index (χ3n) is 3.85. The zero-order valence-electron chi connectivity index (χ0n) is 12.2. The van der Waals surface area contributed by atoms with Gasteiger partial charge in [0.1, 0.15) is 0 Å². The van der Waals surface area contributed by atoms with E-state index in [0.29, 0.717) is 0 Å². The lowest BCUT2D eigenvalue weighted by atomic mass is 9.93. The van der Waals surface area contributed by atoms with Gasteiger partial charge in [-0.2, -0.15) is 4.98 Å². The molecule has 5 heteroatoms. The van der Waals surface area contributed by atoms with Crippen molar-refractivity contribution in [3.05, 3.63) is 11.7 Å². The van der Waals surface area contributed by atoms with Gasteiger partial charge >= 0.3 is 0 Å². The lowest BCUT2D eigenvalue weighted by molar-refractivity contribution is 0.155. The Bertz CT molecular complexity index is 358. The minimum atomic E-state index is 0.775. The smallest absolute Gasteiger partial charge is 0.240 e. The lowest BCUT2D eigenvalue weighted by Crippen LogP contribution is -2.34. The number of hydrogen-bond donors (Lipinski definition) is 1. The normalized spacial score (nSPS) is 18.0. The summed E-state index contributed by atoms with van der Waals surface area (Å²) < 4.78 is 5.30. The summed E-state index contributed by atoms with van der Waals surface area (Å²) >= 11 is 0. The topological polar surface area (TPSA) is 54.2 Å². The Morgan fingerprint density at radius 2 is 2.16 bits per heavy atom. The molecule has 1 saturated heterocycles. The van der Waals surface area contributed by atoms with E-state index in [1.807, 2.05) is 7.05 Å². The average Bonchev–Trinajstić information content (AvgIpc) is 2.86. The van der Waals surface area contributed by atoms with Gasteiger partial charge in [-0.25, -0.2) is 0 Å². The van der Waals surface area contributed by atoms with E-state index in [0.717, 1.165) is 56.7 Å². The molecule has 0 bridgehead atoms. The summed E-state index contributed by atoms with van der Waals surface area (Å²) in [5, 5.41) is 7.24. The van der Waals surface area contributed by atoms with Crippen molar-refractivity contribution < 1.29 is 4.52 Å². The van der Waals surface area contributed by atoms with Crippen LogP contribution in [0, 0.1) is 5.92 Å². The molecule has 0 saturated carbocycles. The summed E-state index contributed by atoms with van der Waals surface area (Å²) in [6.45, 7) is 6.38. The highest BCUT2D eigenvalue weighted by Crippen LogP contribution is 2.21. The third kappa shape index (κ3) is 4.58. The first-order valence-electron chi connectivity index (χ1n) is 7.50. The van der Waals surface area contributed by atoms with Crippen LogP contribution >= 0.6 is 0 Å². The van der Waals surface area contributed by atoms with Gasteiger partial charge in [0.05, 0.1) is 6.54 Å². The predicted octanol–water partition coefficient (Wildman–Crippen LogP) is 1.84. The summed E-state index contributed by atoms with van der Waals surface area (Å²) in [5.74, 6) is 2.50. The monoisotopic (exact) mass is 266 g/mol. The largest absolute Gasteiger partial charge is 0.338 e. The van der Waals surface area contributed by atoms with E-state index in [1.165, 1.54) is 19.3 Å². The molecule has 0 radical (unpaired) electrons. The summed E-state index contributed by atoms with van der Waals surface area (Å²) in [4.78, 5) is 6.86. The number of aryl methyl sites for hydroxylation is 1. The first-order valence-corrected chi connectivity index (χ1v) is 7.50. The van der Waals surface area contributed by atoms with Gasteiger partial charge in [0.15, 0.2) is 5.82 Å². The van der Waals surface area contributed by atoms with Crippen molar-refractivity contribution in [1.82, 2.24) is 20.4 Å². The average molecular weight is 266 g/mol. The molecule has 2 heterocycles. The fourth-order valence-corrected chi connectivity index (χ4v) is 2.65. The van der Waals surface area contributed by atoms with E-state index >= 15 is 0 Å². The SMILES string of the molecule is CCCc1noc(CN2CCC(CCNC)CC2)n1. The molecule has 1 fully saturated rings. The quantitative estimate of drug-likeness (QED) is 0.816. The molecule has 2 rings (SSSR count). The number of hydrogen-bond acceptors (Lipinski definition) is 5. The van der Waals surface area contributed by atoms with Gasteiger partial charge in [0.2, 0.25) is 5.89 Å². The Morgan fingerprint density at radius 3 is 2.84 bits per heavy atom. The fraction of sp³-hybridized carbons (Fsp3) is 0.857. The van der Waals surface area contributed by atoms with Crippen LogP contribution < -0.4 is 5.32 Å². The molecule has 19 heavy (non-hydrogen) atoms. The van der Waals surface area contributed by atoms with Crippen LogP contribution in [-0.2, 0) is 13.0 Å². The van der Waals surface area contributed by atoms with Gasteiger partial charge in [-0.3, -0.25) is 4.90 Å². The van der Waals surface area contributed by atoms with Crippen LogP contribution in [0.15, 0.2) is 4.52 Å². The van der Waals surface area contributed by atoms with E-state index in [-0.39, 0.29) is 0 Å². The maximum atomic E-state index is 5.30. The van der Waals surface area contributed by atoms with Crippen LogP contribution in [0.5, 0.6) is 0 Å². The molecule has 0 amide bonds. The van der Waals surface area contributed by atoms with Crippen molar-refractivity contribution in [1.29, 1.82) is 0 Å². The van der Waals surface area contributed by atoms with Crippen molar-refractivity contribution in [3.8, 4) is 0 Å². The van der Waals surface area contributed by atoms with Gasteiger partial charge in [-0.1, -0.05) is 12.1 Å². The predicted molar refractivity (Wildman–Crippen MR) is 74.8 cm³/mol. The number of likely N-dealkylation sites (tertiary alicyclic amines) is 1. The first kappa shape index (κ1) is 14.5. The first-order chi connectivity index (χ1) is 9.31. The summed E-state index contributed by atoms with van der Waals surface area (Å²) in [6, 6.07) is 0. The molecule has 1 aromatic rings. The Kier molecular flexibility index (Phi) is 5.79. The van der Waals surface area contributed by atoms with Crippen molar-refractivity contribution in [3.63, 3.8) is 0 Å². The number of piperidine rings is 1.